The van der Waals surface area contributed by atoms with Gasteiger partial charge in [-0.1, -0.05) is 97.4 Å². The molecule has 0 saturated heterocycles. The van der Waals surface area contributed by atoms with Gasteiger partial charge in [0.2, 0.25) is 0 Å². The fourth-order valence-corrected chi connectivity index (χ4v) is 4.09. The van der Waals surface area contributed by atoms with Crippen LogP contribution in [0, 0.1) is 11.8 Å². The molecule has 40 heavy (non-hydrogen) atoms. The van der Waals surface area contributed by atoms with E-state index in [0.717, 1.165) is 70.6 Å². The summed E-state index contributed by atoms with van der Waals surface area (Å²) in [5.41, 5.74) is 0. The fourth-order valence-electron chi connectivity index (χ4n) is 4.09. The van der Waals surface area contributed by atoms with Crippen molar-refractivity contribution in [1.82, 2.24) is 0 Å². The number of ether oxygens (including phenoxy) is 3. The lowest BCUT2D eigenvalue weighted by atomic mass is 10.1. The van der Waals surface area contributed by atoms with Crippen molar-refractivity contribution in [3.63, 3.8) is 0 Å². The average molecular weight is 565 g/mol. The molecule has 6 nitrogen and oxygen atoms in total. The summed E-state index contributed by atoms with van der Waals surface area (Å²) in [6.07, 6.45) is 24.0. The van der Waals surface area contributed by atoms with Crippen molar-refractivity contribution >= 4 is 17.9 Å². The normalized spacial score (nSPS) is 12.5. The Morgan fingerprint density at radius 3 is 1.52 bits per heavy atom. The minimum atomic E-state index is -0.779. The first-order valence-corrected chi connectivity index (χ1v) is 16.0. The highest BCUT2D eigenvalue weighted by atomic mass is 16.6. The molecule has 0 fully saturated rings. The van der Waals surface area contributed by atoms with Crippen LogP contribution in [0.5, 0.6) is 0 Å². The van der Waals surface area contributed by atoms with Crippen LogP contribution in [0.2, 0.25) is 0 Å². The maximum absolute atomic E-state index is 12.2. The van der Waals surface area contributed by atoms with Gasteiger partial charge in [0.15, 0.2) is 6.10 Å². The van der Waals surface area contributed by atoms with Crippen LogP contribution in [0.1, 0.15) is 144 Å². The van der Waals surface area contributed by atoms with Gasteiger partial charge in [-0.3, -0.25) is 14.4 Å². The highest BCUT2D eigenvalue weighted by Crippen LogP contribution is 2.12. The first-order chi connectivity index (χ1) is 19.2. The van der Waals surface area contributed by atoms with Crippen molar-refractivity contribution < 1.29 is 28.6 Å². The van der Waals surface area contributed by atoms with E-state index in [1.54, 1.807) is 0 Å². The monoisotopic (exact) mass is 564 g/mol. The number of hydrogen-bond donors (Lipinski definition) is 0. The number of carbonyl (C=O) groups excluding carboxylic acids is 3. The summed E-state index contributed by atoms with van der Waals surface area (Å²) in [5, 5.41) is 0. The third kappa shape index (κ3) is 27.5. The summed E-state index contributed by atoms with van der Waals surface area (Å²) in [7, 11) is 0. The number of hydrogen-bond acceptors (Lipinski definition) is 6. The topological polar surface area (TPSA) is 78.9 Å². The molecule has 0 aromatic rings. The summed E-state index contributed by atoms with van der Waals surface area (Å²) in [6.45, 7) is 10.3. The Bertz CT molecular complexity index is 695. The zero-order valence-corrected chi connectivity index (χ0v) is 26.4. The van der Waals surface area contributed by atoms with Crippen LogP contribution < -0.4 is 0 Å². The number of unbranched alkanes of at least 4 members (excludes halogenated alkanes) is 10. The summed E-state index contributed by atoms with van der Waals surface area (Å²) in [6, 6.07) is 0. The molecule has 0 radical (unpaired) electrons. The third-order valence-corrected chi connectivity index (χ3v) is 6.41. The first kappa shape index (κ1) is 37.9. The Kier molecular flexibility index (Phi) is 25.7. The zero-order chi connectivity index (χ0) is 29.8. The minimum absolute atomic E-state index is 0.0919. The molecule has 0 saturated carbocycles. The lowest BCUT2D eigenvalue weighted by Crippen LogP contribution is -2.31. The van der Waals surface area contributed by atoms with Crippen LogP contribution in [-0.2, 0) is 28.6 Å². The molecule has 0 spiro atoms. The van der Waals surface area contributed by atoms with Gasteiger partial charge >= 0.3 is 17.9 Å². The second-order valence-electron chi connectivity index (χ2n) is 11.7. The van der Waals surface area contributed by atoms with E-state index in [2.05, 4.69) is 45.1 Å². The number of esters is 3. The molecule has 0 N–H and O–H groups in total. The van der Waals surface area contributed by atoms with E-state index in [1.807, 2.05) is 13.8 Å². The average Bonchev–Trinajstić information content (AvgIpc) is 2.89. The fraction of sp³-hybridized carbons (Fsp3) is 0.794. The molecule has 0 bridgehead atoms. The van der Waals surface area contributed by atoms with Crippen LogP contribution >= 0.6 is 0 Å². The number of rotatable bonds is 26. The molecule has 0 aromatic heterocycles. The third-order valence-electron chi connectivity index (χ3n) is 6.41. The molecule has 0 aliphatic carbocycles. The molecule has 6 heteroatoms. The summed E-state index contributed by atoms with van der Waals surface area (Å²) in [5.74, 6) is -0.131. The predicted octanol–water partition coefficient (Wildman–Crippen LogP) is 9.06. The Labute approximate surface area is 245 Å². The summed E-state index contributed by atoms with van der Waals surface area (Å²) >= 11 is 0. The Morgan fingerprint density at radius 1 is 0.575 bits per heavy atom. The van der Waals surface area contributed by atoms with Crippen molar-refractivity contribution in [2.24, 2.45) is 11.8 Å². The van der Waals surface area contributed by atoms with Crippen LogP contribution in [0.15, 0.2) is 24.3 Å². The quantitative estimate of drug-likeness (QED) is 0.0451. The summed E-state index contributed by atoms with van der Waals surface area (Å²) < 4.78 is 16.2. The smallest absolute Gasteiger partial charge is 0.306 e. The molecule has 1 unspecified atom stereocenters. The maximum Gasteiger partial charge on any atom is 0.306 e. The van der Waals surface area contributed by atoms with E-state index < -0.39 is 6.10 Å². The van der Waals surface area contributed by atoms with Gasteiger partial charge in [-0.2, -0.15) is 0 Å². The number of allylic oxidation sites excluding steroid dienone is 4. The van der Waals surface area contributed by atoms with Crippen molar-refractivity contribution in [2.75, 3.05) is 13.2 Å². The lowest BCUT2D eigenvalue weighted by molar-refractivity contribution is -0.167. The van der Waals surface area contributed by atoms with Crippen LogP contribution in [0.4, 0.5) is 0 Å². The zero-order valence-electron chi connectivity index (χ0n) is 26.4. The Balaban J connectivity index is 4.18. The summed E-state index contributed by atoms with van der Waals surface area (Å²) in [4.78, 5) is 36.6. The molecular formula is C34H60O6. The number of carbonyl (C=O) groups is 3. The van der Waals surface area contributed by atoms with Gasteiger partial charge in [0.1, 0.15) is 13.2 Å². The molecule has 0 aliphatic heterocycles. The Morgan fingerprint density at radius 2 is 1.05 bits per heavy atom. The molecule has 0 aromatic carbocycles. The van der Waals surface area contributed by atoms with Gasteiger partial charge in [0, 0.05) is 19.3 Å². The largest absolute Gasteiger partial charge is 0.462 e. The van der Waals surface area contributed by atoms with Gasteiger partial charge in [-0.15, -0.1) is 0 Å². The van der Waals surface area contributed by atoms with E-state index >= 15 is 0 Å². The van der Waals surface area contributed by atoms with Gasteiger partial charge < -0.3 is 14.2 Å². The van der Waals surface area contributed by atoms with E-state index in [1.165, 1.54) is 19.3 Å². The van der Waals surface area contributed by atoms with Crippen LogP contribution in [0.3, 0.4) is 0 Å². The SMILES string of the molecule is CC/C=C\CCCCCCCC(=O)OCC(COC(=O)CCCCCCC/C=C\CC(C)C)OC(=O)CC(C)C. The van der Waals surface area contributed by atoms with E-state index in [-0.39, 0.29) is 43.5 Å². The molecule has 0 amide bonds. The highest BCUT2D eigenvalue weighted by molar-refractivity contribution is 5.71. The van der Waals surface area contributed by atoms with Crippen molar-refractivity contribution in [1.29, 1.82) is 0 Å². The van der Waals surface area contributed by atoms with Gasteiger partial charge in [0.05, 0.1) is 0 Å². The Hall–Kier alpha value is -2.11. The molecule has 0 aliphatic rings. The van der Waals surface area contributed by atoms with Gasteiger partial charge in [0.25, 0.3) is 0 Å². The van der Waals surface area contributed by atoms with E-state index in [0.29, 0.717) is 18.8 Å². The second-order valence-corrected chi connectivity index (χ2v) is 11.7. The van der Waals surface area contributed by atoms with Crippen molar-refractivity contribution in [3.05, 3.63) is 24.3 Å². The molecule has 0 heterocycles. The van der Waals surface area contributed by atoms with E-state index in [4.69, 9.17) is 14.2 Å². The highest BCUT2D eigenvalue weighted by Gasteiger charge is 2.20. The van der Waals surface area contributed by atoms with Crippen molar-refractivity contribution in [2.45, 2.75) is 150 Å². The molecule has 0 rings (SSSR count). The minimum Gasteiger partial charge on any atom is -0.462 e. The molecular weight excluding hydrogens is 504 g/mol. The predicted molar refractivity (Wildman–Crippen MR) is 164 cm³/mol. The first-order valence-electron chi connectivity index (χ1n) is 16.0. The van der Waals surface area contributed by atoms with Gasteiger partial charge in [-0.05, 0) is 63.2 Å². The standard InChI is InChI=1S/C34H60O6/c1-6-7-8-9-10-11-15-18-21-24-32(35)38-27-31(40-34(37)26-30(4)5)28-39-33(36)25-22-19-16-13-12-14-17-20-23-29(2)3/h7-8,17,20,29-31H,6,9-16,18-19,21-28H2,1-5H3/b8-7-,20-17-. The van der Waals surface area contributed by atoms with Crippen molar-refractivity contribution in [3.8, 4) is 0 Å². The van der Waals surface area contributed by atoms with E-state index in [9.17, 15) is 14.4 Å². The maximum atomic E-state index is 12.2. The lowest BCUT2D eigenvalue weighted by Gasteiger charge is -2.19. The van der Waals surface area contributed by atoms with Gasteiger partial charge in [-0.25, -0.2) is 0 Å². The molecule has 232 valence electrons. The van der Waals surface area contributed by atoms with Crippen LogP contribution in [0.25, 0.3) is 0 Å². The molecule has 1 atom stereocenters. The van der Waals surface area contributed by atoms with Crippen LogP contribution in [-0.4, -0.2) is 37.2 Å². The second kappa shape index (κ2) is 27.1.